The summed E-state index contributed by atoms with van der Waals surface area (Å²) in [6, 6.07) is 5.90. The van der Waals surface area contributed by atoms with Gasteiger partial charge in [0.1, 0.15) is 11.6 Å². The van der Waals surface area contributed by atoms with E-state index in [1.54, 1.807) is 33.8 Å². The van der Waals surface area contributed by atoms with E-state index < -0.39 is 17.2 Å². The second-order valence-corrected chi connectivity index (χ2v) is 7.31. The molecular weight excluding hydrogens is 385 g/mol. The molecule has 1 N–H and O–H groups in total. The third-order valence-electron chi connectivity index (χ3n) is 5.19. The molecule has 0 fully saturated rings. The van der Waals surface area contributed by atoms with Crippen molar-refractivity contribution >= 4 is 11.5 Å². The van der Waals surface area contributed by atoms with Crippen molar-refractivity contribution in [3.63, 3.8) is 0 Å². The molecule has 3 rings (SSSR count). The first kappa shape index (κ1) is 21.2. The largest absolute Gasteiger partial charge is 0.501 e. The molecule has 0 saturated heterocycles. The maximum Gasteiger partial charge on any atom is 0.315 e. The van der Waals surface area contributed by atoms with Crippen molar-refractivity contribution in [3.05, 3.63) is 88.4 Å². The Hall–Kier alpha value is -3.48. The second kappa shape index (κ2) is 8.49. The van der Waals surface area contributed by atoms with Crippen LogP contribution in [0.3, 0.4) is 0 Å². The van der Waals surface area contributed by atoms with Gasteiger partial charge in [-0.3, -0.25) is 9.59 Å². The van der Waals surface area contributed by atoms with Gasteiger partial charge in [-0.2, -0.15) is 4.98 Å². The molecule has 0 bridgehead atoms. The maximum absolute atomic E-state index is 13.3. The van der Waals surface area contributed by atoms with Crippen LogP contribution in [0, 0.1) is 5.82 Å². The lowest BCUT2D eigenvalue weighted by Gasteiger charge is -2.34. The Morgan fingerprint density at radius 3 is 2.43 bits per heavy atom. The van der Waals surface area contributed by atoms with Crippen LogP contribution in [0.25, 0.3) is 5.57 Å². The molecule has 0 aliphatic carbocycles. The van der Waals surface area contributed by atoms with Crippen molar-refractivity contribution in [1.82, 2.24) is 14.5 Å². The number of allylic oxidation sites excluding steroid dienone is 4. The van der Waals surface area contributed by atoms with Crippen LogP contribution in [0.15, 0.2) is 59.9 Å². The molecule has 0 spiro atoms. The van der Waals surface area contributed by atoms with Crippen LogP contribution in [0.1, 0.15) is 35.7 Å². The molecule has 1 aromatic heterocycles. The lowest BCUT2D eigenvalue weighted by Crippen LogP contribution is -2.46. The summed E-state index contributed by atoms with van der Waals surface area (Å²) >= 11 is 0. The summed E-state index contributed by atoms with van der Waals surface area (Å²) in [6.07, 6.45) is 3.45. The van der Waals surface area contributed by atoms with E-state index in [1.165, 1.54) is 12.1 Å². The van der Waals surface area contributed by atoms with E-state index in [0.717, 1.165) is 5.56 Å². The van der Waals surface area contributed by atoms with Gasteiger partial charge in [0, 0.05) is 25.6 Å². The molecule has 156 valence electrons. The van der Waals surface area contributed by atoms with Crippen molar-refractivity contribution in [2.75, 3.05) is 6.54 Å². The zero-order valence-electron chi connectivity index (χ0n) is 17.1. The minimum absolute atomic E-state index is 0.0460. The quantitative estimate of drug-likeness (QED) is 0.743. The van der Waals surface area contributed by atoms with Gasteiger partial charge in [-0.25, -0.2) is 4.39 Å². The van der Waals surface area contributed by atoms with Crippen molar-refractivity contribution in [3.8, 4) is 5.75 Å². The van der Waals surface area contributed by atoms with Gasteiger partial charge in [0.25, 0.3) is 5.91 Å². The van der Waals surface area contributed by atoms with Gasteiger partial charge >= 0.3 is 5.56 Å². The molecule has 1 aliphatic rings. The fourth-order valence-corrected chi connectivity index (χ4v) is 3.63. The number of nitrogens with zero attached hydrogens (tertiary/aromatic N) is 3. The Morgan fingerprint density at radius 1 is 1.20 bits per heavy atom. The van der Waals surface area contributed by atoms with Gasteiger partial charge in [-0.15, -0.1) is 0 Å². The van der Waals surface area contributed by atoms with Crippen molar-refractivity contribution in [1.29, 1.82) is 0 Å². The molecule has 0 saturated carbocycles. The Kier molecular flexibility index (Phi) is 6.01. The summed E-state index contributed by atoms with van der Waals surface area (Å²) in [5.74, 6) is -1.04. The first-order valence-corrected chi connectivity index (χ1v) is 9.66. The van der Waals surface area contributed by atoms with Crippen molar-refractivity contribution < 1.29 is 14.3 Å². The summed E-state index contributed by atoms with van der Waals surface area (Å²) in [4.78, 5) is 30.8. The predicted octanol–water partition coefficient (Wildman–Crippen LogP) is 3.32. The topological polar surface area (TPSA) is 75.4 Å². The SMILES string of the molecule is C=C/C(Cc1nc(=O)c(O)c2n1CCN(C(C)C)C2=O)=C(\C=C)c1ccc(F)cc1. The van der Waals surface area contributed by atoms with E-state index in [9.17, 15) is 19.1 Å². The first-order chi connectivity index (χ1) is 14.3. The fraction of sp³-hybridized carbons (Fsp3) is 0.261. The van der Waals surface area contributed by atoms with E-state index in [1.807, 2.05) is 13.8 Å². The van der Waals surface area contributed by atoms with Gasteiger partial charge in [-0.1, -0.05) is 37.4 Å². The van der Waals surface area contributed by atoms with Gasteiger partial charge in [-0.05, 0) is 42.7 Å². The number of benzene rings is 1. The van der Waals surface area contributed by atoms with Crippen LogP contribution < -0.4 is 5.56 Å². The number of hydrogen-bond donors (Lipinski definition) is 1. The molecule has 30 heavy (non-hydrogen) atoms. The number of halogens is 1. The summed E-state index contributed by atoms with van der Waals surface area (Å²) in [6.45, 7) is 12.3. The van der Waals surface area contributed by atoms with E-state index in [0.29, 0.717) is 30.1 Å². The lowest BCUT2D eigenvalue weighted by molar-refractivity contribution is 0.0638. The number of hydrogen-bond acceptors (Lipinski definition) is 4. The number of carbonyl (C=O) groups is 1. The number of aromatic nitrogens is 2. The van der Waals surface area contributed by atoms with E-state index >= 15 is 0 Å². The molecular formula is C23H24FN3O3. The summed E-state index contributed by atoms with van der Waals surface area (Å²) < 4.78 is 14.9. The molecule has 6 nitrogen and oxygen atoms in total. The highest BCUT2D eigenvalue weighted by Gasteiger charge is 2.32. The summed E-state index contributed by atoms with van der Waals surface area (Å²) in [7, 11) is 0. The Labute approximate surface area is 174 Å². The van der Waals surface area contributed by atoms with E-state index in [4.69, 9.17) is 0 Å². The highest BCUT2D eigenvalue weighted by Crippen LogP contribution is 2.26. The summed E-state index contributed by atoms with van der Waals surface area (Å²) in [5, 5.41) is 10.3. The number of aromatic hydroxyl groups is 1. The number of carbonyl (C=O) groups excluding carboxylic acids is 1. The van der Waals surface area contributed by atoms with Crippen molar-refractivity contribution in [2.45, 2.75) is 32.9 Å². The highest BCUT2D eigenvalue weighted by atomic mass is 19.1. The molecule has 2 aromatic rings. The second-order valence-electron chi connectivity index (χ2n) is 7.31. The summed E-state index contributed by atoms with van der Waals surface area (Å²) in [5.41, 5.74) is 1.27. The van der Waals surface area contributed by atoms with Crippen LogP contribution in [0.4, 0.5) is 4.39 Å². The average molecular weight is 409 g/mol. The lowest BCUT2D eigenvalue weighted by atomic mass is 9.97. The third-order valence-corrected chi connectivity index (χ3v) is 5.19. The van der Waals surface area contributed by atoms with Crippen LogP contribution in [-0.4, -0.2) is 38.1 Å². The normalized spacial score (nSPS) is 14.4. The number of rotatable bonds is 6. The minimum Gasteiger partial charge on any atom is -0.501 e. The smallest absolute Gasteiger partial charge is 0.315 e. The van der Waals surface area contributed by atoms with Gasteiger partial charge in [0.05, 0.1) is 0 Å². The zero-order valence-corrected chi connectivity index (χ0v) is 17.1. The zero-order chi connectivity index (χ0) is 22.0. The maximum atomic E-state index is 13.3. The fourth-order valence-electron chi connectivity index (χ4n) is 3.63. The Bertz CT molecular complexity index is 1100. The molecule has 0 atom stereocenters. The number of fused-ring (bicyclic) bond motifs is 1. The molecule has 1 aliphatic heterocycles. The number of amides is 1. The highest BCUT2D eigenvalue weighted by molar-refractivity contribution is 5.96. The monoisotopic (exact) mass is 409 g/mol. The predicted molar refractivity (Wildman–Crippen MR) is 114 cm³/mol. The van der Waals surface area contributed by atoms with Crippen LogP contribution in [0.2, 0.25) is 0 Å². The standard InChI is InChI=1S/C23H24FN3O3/c1-5-15(18(6-2)16-7-9-17(24)10-8-16)13-19-25-22(29)21(28)20-23(30)26(14(3)4)11-12-27(19)20/h5-10,14,28H,1-2,11-13H2,3-4H3/b18-15-. The molecule has 0 unspecified atom stereocenters. The van der Waals surface area contributed by atoms with Gasteiger partial charge in [0.2, 0.25) is 5.75 Å². The van der Waals surface area contributed by atoms with Gasteiger partial charge in [0.15, 0.2) is 5.69 Å². The average Bonchev–Trinajstić information content (AvgIpc) is 2.72. The van der Waals surface area contributed by atoms with Crippen LogP contribution in [-0.2, 0) is 13.0 Å². The minimum atomic E-state index is -0.847. The third kappa shape index (κ3) is 3.83. The molecule has 0 radical (unpaired) electrons. The van der Waals surface area contributed by atoms with E-state index in [2.05, 4.69) is 18.1 Å². The van der Waals surface area contributed by atoms with Crippen LogP contribution in [0.5, 0.6) is 5.75 Å². The molecule has 2 heterocycles. The Morgan fingerprint density at radius 2 is 1.87 bits per heavy atom. The first-order valence-electron chi connectivity index (χ1n) is 9.66. The van der Waals surface area contributed by atoms with Crippen molar-refractivity contribution in [2.24, 2.45) is 0 Å². The molecule has 1 aromatic carbocycles. The molecule has 1 amide bonds. The van der Waals surface area contributed by atoms with Gasteiger partial charge < -0.3 is 14.6 Å². The van der Waals surface area contributed by atoms with E-state index in [-0.39, 0.29) is 24.0 Å². The Balaban J connectivity index is 2.12. The van der Waals surface area contributed by atoms with Crippen LogP contribution >= 0.6 is 0 Å². The molecule has 7 heteroatoms.